The van der Waals surface area contributed by atoms with E-state index in [4.69, 9.17) is 9.47 Å². The largest absolute Gasteiger partial charge is 0.486 e. The Kier molecular flexibility index (Phi) is 10.4. The molecule has 4 rings (SSSR count). The maximum atomic E-state index is 14.3. The Morgan fingerprint density at radius 3 is 2.21 bits per heavy atom. The fourth-order valence-corrected chi connectivity index (χ4v) is 6.02. The molecule has 11 heteroatoms. The van der Waals surface area contributed by atoms with Crippen LogP contribution in [0.4, 0.5) is 5.69 Å². The monoisotopic (exact) mass is 671 g/mol. The van der Waals surface area contributed by atoms with Gasteiger partial charge in [0.1, 0.15) is 25.8 Å². The van der Waals surface area contributed by atoms with Gasteiger partial charge in [0.25, 0.3) is 0 Å². The number of fused-ring (bicyclic) bond motifs is 1. The lowest BCUT2D eigenvalue weighted by Gasteiger charge is -2.35. The summed E-state index contributed by atoms with van der Waals surface area (Å²) in [5.74, 6) is -0.148. The summed E-state index contributed by atoms with van der Waals surface area (Å²) in [5.41, 5.74) is 1.39. The van der Waals surface area contributed by atoms with Crippen LogP contribution in [0, 0.1) is 0 Å². The number of nitrogens with one attached hydrogen (secondary N) is 1. The molecule has 0 bridgehead atoms. The number of sulfonamides is 1. The van der Waals surface area contributed by atoms with E-state index < -0.39 is 34.1 Å². The minimum Gasteiger partial charge on any atom is -0.486 e. The molecule has 1 aliphatic rings. The van der Waals surface area contributed by atoms with Gasteiger partial charge >= 0.3 is 0 Å². The van der Waals surface area contributed by atoms with Crippen LogP contribution < -0.4 is 19.1 Å². The molecule has 0 radical (unpaired) electrons. The Hall–Kier alpha value is -3.57. The molecule has 0 aliphatic carbocycles. The molecule has 3 aromatic carbocycles. The predicted molar refractivity (Wildman–Crippen MR) is 171 cm³/mol. The Labute approximate surface area is 262 Å². The van der Waals surface area contributed by atoms with E-state index in [-0.39, 0.29) is 30.3 Å². The first-order valence-corrected chi connectivity index (χ1v) is 16.6. The van der Waals surface area contributed by atoms with Crippen LogP contribution in [0.1, 0.15) is 38.8 Å². The van der Waals surface area contributed by atoms with Gasteiger partial charge < -0.3 is 19.7 Å². The summed E-state index contributed by atoms with van der Waals surface area (Å²) < 4.78 is 40.1. The molecule has 2 amide bonds. The molecule has 43 heavy (non-hydrogen) atoms. The molecule has 0 saturated carbocycles. The third kappa shape index (κ3) is 8.73. The van der Waals surface area contributed by atoms with E-state index in [1.165, 1.54) is 11.8 Å². The first kappa shape index (κ1) is 32.3. The molecular weight excluding hydrogens is 634 g/mol. The number of amides is 2. The molecule has 1 heterocycles. The fraction of sp³-hybridized carbons (Fsp3) is 0.375. The van der Waals surface area contributed by atoms with Crippen molar-refractivity contribution in [2.45, 2.75) is 52.2 Å². The highest BCUT2D eigenvalue weighted by atomic mass is 79.9. The number of hydrogen-bond donors (Lipinski definition) is 1. The van der Waals surface area contributed by atoms with Crippen LogP contribution in [0.15, 0.2) is 77.3 Å². The minimum absolute atomic E-state index is 0.0995. The smallest absolute Gasteiger partial charge is 0.244 e. The van der Waals surface area contributed by atoms with Crippen molar-refractivity contribution < 1.29 is 27.5 Å². The molecule has 0 saturated heterocycles. The van der Waals surface area contributed by atoms with Crippen molar-refractivity contribution in [3.63, 3.8) is 0 Å². The third-order valence-corrected chi connectivity index (χ3v) is 9.10. The highest BCUT2D eigenvalue weighted by Gasteiger charge is 2.35. The number of anilines is 1. The molecule has 9 nitrogen and oxygen atoms in total. The number of nitrogens with zero attached hydrogens (tertiary/aromatic N) is 2. The summed E-state index contributed by atoms with van der Waals surface area (Å²) in [6, 6.07) is 20.8. The maximum absolute atomic E-state index is 14.3. The van der Waals surface area contributed by atoms with Crippen LogP contribution in [-0.4, -0.2) is 62.2 Å². The summed E-state index contributed by atoms with van der Waals surface area (Å²) in [6.45, 7) is 7.49. The van der Waals surface area contributed by atoms with Gasteiger partial charge in [-0.25, -0.2) is 8.42 Å². The minimum atomic E-state index is -3.90. The number of hydrogen-bond acceptors (Lipinski definition) is 6. The molecule has 0 spiro atoms. The van der Waals surface area contributed by atoms with Crippen LogP contribution in [0.25, 0.3) is 0 Å². The lowest BCUT2D eigenvalue weighted by molar-refractivity contribution is -0.140. The van der Waals surface area contributed by atoms with Gasteiger partial charge in [-0.05, 0) is 63.1 Å². The van der Waals surface area contributed by atoms with Crippen molar-refractivity contribution >= 4 is 43.5 Å². The van der Waals surface area contributed by atoms with E-state index >= 15 is 0 Å². The van der Waals surface area contributed by atoms with Gasteiger partial charge in [0.05, 0.1) is 11.4 Å². The summed E-state index contributed by atoms with van der Waals surface area (Å²) in [7, 11) is -3.90. The molecule has 0 aromatic heterocycles. The molecule has 230 valence electrons. The van der Waals surface area contributed by atoms with Gasteiger partial charge in [-0.3, -0.25) is 13.9 Å². The Morgan fingerprint density at radius 2 is 1.58 bits per heavy atom. The van der Waals surface area contributed by atoms with E-state index in [9.17, 15) is 18.0 Å². The molecular formula is C32H38BrN3O6S. The van der Waals surface area contributed by atoms with E-state index in [2.05, 4.69) is 21.2 Å². The summed E-state index contributed by atoms with van der Waals surface area (Å²) in [4.78, 5) is 29.7. The Morgan fingerprint density at radius 1 is 0.930 bits per heavy atom. The molecule has 1 N–H and O–H groups in total. The average Bonchev–Trinajstić information content (AvgIpc) is 2.97. The van der Waals surface area contributed by atoms with Crippen LogP contribution in [-0.2, 0) is 32.6 Å². The van der Waals surface area contributed by atoms with Gasteiger partial charge in [0.2, 0.25) is 21.8 Å². The van der Waals surface area contributed by atoms with Crippen molar-refractivity contribution in [1.29, 1.82) is 0 Å². The zero-order chi connectivity index (χ0) is 31.2. The molecule has 1 atom stereocenters. The zero-order valence-electron chi connectivity index (χ0n) is 24.9. The van der Waals surface area contributed by atoms with E-state index in [1.54, 1.807) is 18.2 Å². The van der Waals surface area contributed by atoms with Gasteiger partial charge in [-0.15, -0.1) is 0 Å². The van der Waals surface area contributed by atoms with Crippen molar-refractivity contribution in [2.75, 3.05) is 29.8 Å². The van der Waals surface area contributed by atoms with E-state index in [0.717, 1.165) is 19.9 Å². The lowest BCUT2D eigenvalue weighted by Crippen LogP contribution is -2.56. The van der Waals surface area contributed by atoms with Gasteiger partial charge in [0.15, 0.2) is 11.5 Å². The highest BCUT2D eigenvalue weighted by molar-refractivity contribution is 9.10. The first-order chi connectivity index (χ1) is 20.4. The topological polar surface area (TPSA) is 105 Å². The van der Waals surface area contributed by atoms with Crippen LogP contribution in [0.5, 0.6) is 11.5 Å². The number of benzene rings is 3. The van der Waals surface area contributed by atoms with Gasteiger partial charge in [-0.2, -0.15) is 0 Å². The Balaban J connectivity index is 1.76. The highest BCUT2D eigenvalue weighted by Crippen LogP contribution is 2.35. The normalized spacial score (nSPS) is 13.6. The van der Waals surface area contributed by atoms with Gasteiger partial charge in [0, 0.05) is 29.0 Å². The number of rotatable bonds is 11. The Bertz CT molecular complexity index is 1520. The van der Waals surface area contributed by atoms with E-state index in [1.807, 2.05) is 75.4 Å². The quantitative estimate of drug-likeness (QED) is 0.310. The average molecular weight is 673 g/mol. The molecule has 1 unspecified atom stereocenters. The maximum Gasteiger partial charge on any atom is 0.244 e. The number of carbonyl (C=O) groups excluding carboxylic acids is 2. The first-order valence-electron chi connectivity index (χ1n) is 14.2. The zero-order valence-corrected chi connectivity index (χ0v) is 27.3. The SMILES string of the molecule is CCS(=O)(=O)N(CC(=O)N(Cc1ccc(Br)cc1)C(Cc1ccccc1)C(=O)NC(C)(C)C)c1ccc2c(c1)OCCO2. The fourth-order valence-electron chi connectivity index (χ4n) is 4.70. The molecule has 0 fully saturated rings. The van der Waals surface area contributed by atoms with Gasteiger partial charge in [-0.1, -0.05) is 58.4 Å². The summed E-state index contributed by atoms with van der Waals surface area (Å²) in [5, 5.41) is 3.03. The predicted octanol–water partition coefficient (Wildman–Crippen LogP) is 4.93. The summed E-state index contributed by atoms with van der Waals surface area (Å²) in [6.07, 6.45) is 0.246. The third-order valence-electron chi connectivity index (χ3n) is 6.83. The number of halogens is 1. The molecule has 1 aliphatic heterocycles. The van der Waals surface area contributed by atoms with Crippen molar-refractivity contribution in [3.8, 4) is 11.5 Å². The van der Waals surface area contributed by atoms with Crippen LogP contribution >= 0.6 is 15.9 Å². The van der Waals surface area contributed by atoms with E-state index in [0.29, 0.717) is 24.7 Å². The second-order valence-electron chi connectivity index (χ2n) is 11.3. The summed E-state index contributed by atoms with van der Waals surface area (Å²) >= 11 is 3.45. The van der Waals surface area contributed by atoms with Crippen LogP contribution in [0.2, 0.25) is 0 Å². The number of ether oxygens (including phenoxy) is 2. The van der Waals surface area contributed by atoms with Crippen LogP contribution in [0.3, 0.4) is 0 Å². The van der Waals surface area contributed by atoms with Crippen molar-refractivity contribution in [1.82, 2.24) is 10.2 Å². The molecule has 3 aromatic rings. The van der Waals surface area contributed by atoms with Crippen molar-refractivity contribution in [2.24, 2.45) is 0 Å². The second kappa shape index (κ2) is 13.8. The van der Waals surface area contributed by atoms with Crippen molar-refractivity contribution in [3.05, 3.63) is 88.4 Å². The standard InChI is InChI=1S/C32H38BrN3O6S/c1-5-43(39,40)36(26-15-16-28-29(20-26)42-18-17-41-28)22-30(37)35(21-24-11-13-25(33)14-12-24)27(31(38)34-32(2,3)4)19-23-9-7-6-8-10-23/h6-16,20,27H,5,17-19,21-22H2,1-4H3,(H,34,38). The lowest BCUT2D eigenvalue weighted by atomic mass is 10.0. The number of carbonyl (C=O) groups is 2. The second-order valence-corrected chi connectivity index (χ2v) is 14.4.